The zero-order valence-electron chi connectivity index (χ0n) is 11.3. The molecular weight excluding hydrogens is 364 g/mol. The van der Waals surface area contributed by atoms with Gasteiger partial charge in [-0.2, -0.15) is 0 Å². The molecule has 0 unspecified atom stereocenters. The van der Waals surface area contributed by atoms with Gasteiger partial charge in [-0.25, -0.2) is 0 Å². The summed E-state index contributed by atoms with van der Waals surface area (Å²) in [6.45, 7) is 0.523. The van der Waals surface area contributed by atoms with E-state index in [1.165, 1.54) is 8.08 Å². The van der Waals surface area contributed by atoms with E-state index < -0.39 is 0 Å². The summed E-state index contributed by atoms with van der Waals surface area (Å²) >= 11 is -0.0705. The standard InChI is InChI=1S/C17H18O2Te/c18-17(15-9-3-1-4-10-15)19-13-7-8-14-20-16-11-5-2-6-12-16/h1-6,9-12H,7-8,13-14H2. The fraction of sp³-hybridized carbons (Fsp3) is 0.235. The Morgan fingerprint density at radius 3 is 2.25 bits per heavy atom. The predicted octanol–water partition coefficient (Wildman–Crippen LogP) is 3.07. The van der Waals surface area contributed by atoms with Crippen LogP contribution in [0.15, 0.2) is 60.7 Å². The average molecular weight is 382 g/mol. The molecule has 0 radical (unpaired) electrons. The quantitative estimate of drug-likeness (QED) is 0.418. The summed E-state index contributed by atoms with van der Waals surface area (Å²) in [6.07, 6.45) is 2.09. The summed E-state index contributed by atoms with van der Waals surface area (Å²) in [7, 11) is 0. The van der Waals surface area contributed by atoms with E-state index >= 15 is 0 Å². The van der Waals surface area contributed by atoms with Crippen molar-refractivity contribution < 1.29 is 9.53 Å². The van der Waals surface area contributed by atoms with Crippen molar-refractivity contribution in [3.8, 4) is 0 Å². The summed E-state index contributed by atoms with van der Waals surface area (Å²) in [6, 6.07) is 19.8. The van der Waals surface area contributed by atoms with Gasteiger partial charge in [0.1, 0.15) is 0 Å². The van der Waals surface area contributed by atoms with Crippen molar-refractivity contribution in [2.45, 2.75) is 17.3 Å². The molecule has 2 rings (SSSR count). The van der Waals surface area contributed by atoms with Gasteiger partial charge >= 0.3 is 130 Å². The van der Waals surface area contributed by atoms with E-state index in [1.807, 2.05) is 18.2 Å². The van der Waals surface area contributed by atoms with Crippen molar-refractivity contribution in [1.82, 2.24) is 0 Å². The fourth-order valence-electron chi connectivity index (χ4n) is 1.73. The molecule has 0 N–H and O–H groups in total. The van der Waals surface area contributed by atoms with E-state index in [0.29, 0.717) is 12.2 Å². The summed E-state index contributed by atoms with van der Waals surface area (Å²) in [5.41, 5.74) is 0.630. The summed E-state index contributed by atoms with van der Waals surface area (Å²) < 4.78 is 8.02. The second-order valence-electron chi connectivity index (χ2n) is 4.37. The Morgan fingerprint density at radius 2 is 1.55 bits per heavy atom. The van der Waals surface area contributed by atoms with Gasteiger partial charge in [0.2, 0.25) is 0 Å². The summed E-state index contributed by atoms with van der Waals surface area (Å²) in [5.74, 6) is -0.217. The van der Waals surface area contributed by atoms with Crippen LogP contribution in [0.25, 0.3) is 0 Å². The maximum absolute atomic E-state index is 11.7. The number of carbonyl (C=O) groups excluding carboxylic acids is 1. The van der Waals surface area contributed by atoms with Crippen LogP contribution in [-0.4, -0.2) is 33.5 Å². The van der Waals surface area contributed by atoms with Crippen molar-refractivity contribution in [2.75, 3.05) is 6.61 Å². The van der Waals surface area contributed by atoms with E-state index in [9.17, 15) is 4.79 Å². The molecule has 20 heavy (non-hydrogen) atoms. The van der Waals surface area contributed by atoms with Crippen LogP contribution in [0.1, 0.15) is 23.2 Å². The van der Waals surface area contributed by atoms with Crippen LogP contribution in [0.4, 0.5) is 0 Å². The zero-order valence-corrected chi connectivity index (χ0v) is 13.7. The Hall–Kier alpha value is -1.30. The van der Waals surface area contributed by atoms with Crippen LogP contribution in [0.3, 0.4) is 0 Å². The van der Waals surface area contributed by atoms with Crippen LogP contribution < -0.4 is 3.61 Å². The van der Waals surface area contributed by atoms with Gasteiger partial charge < -0.3 is 0 Å². The molecule has 0 bridgehead atoms. The van der Waals surface area contributed by atoms with Crippen LogP contribution in [0.5, 0.6) is 0 Å². The Labute approximate surface area is 130 Å². The molecule has 2 aromatic carbocycles. The third-order valence-corrected chi connectivity index (χ3v) is 5.93. The molecular formula is C17H18O2Te. The molecule has 0 amide bonds. The minimum absolute atomic E-state index is 0.0705. The molecule has 0 fully saturated rings. The van der Waals surface area contributed by atoms with Gasteiger partial charge in [0.25, 0.3) is 0 Å². The van der Waals surface area contributed by atoms with Gasteiger partial charge in [0.15, 0.2) is 0 Å². The molecule has 0 spiro atoms. The molecule has 2 nitrogen and oxygen atoms in total. The van der Waals surface area contributed by atoms with Crippen LogP contribution in [0.2, 0.25) is 4.47 Å². The maximum atomic E-state index is 11.7. The summed E-state index contributed by atoms with van der Waals surface area (Å²) in [5, 5.41) is 0. The topological polar surface area (TPSA) is 26.3 Å². The zero-order chi connectivity index (χ0) is 14.0. The second-order valence-corrected chi connectivity index (χ2v) is 7.71. The van der Waals surface area contributed by atoms with E-state index in [4.69, 9.17) is 4.74 Å². The summed E-state index contributed by atoms with van der Waals surface area (Å²) in [4.78, 5) is 11.7. The van der Waals surface area contributed by atoms with Gasteiger partial charge in [-0.1, -0.05) is 0 Å². The van der Waals surface area contributed by atoms with E-state index in [-0.39, 0.29) is 26.9 Å². The third-order valence-electron chi connectivity index (χ3n) is 2.79. The van der Waals surface area contributed by atoms with E-state index in [2.05, 4.69) is 30.3 Å². The molecule has 0 saturated carbocycles. The van der Waals surface area contributed by atoms with Crippen molar-refractivity contribution in [3.63, 3.8) is 0 Å². The first kappa shape index (κ1) is 15.1. The average Bonchev–Trinajstić information content (AvgIpc) is 2.52. The van der Waals surface area contributed by atoms with Gasteiger partial charge in [0.05, 0.1) is 0 Å². The molecule has 104 valence electrons. The molecule has 0 aliphatic heterocycles. The van der Waals surface area contributed by atoms with Gasteiger partial charge in [-0.05, 0) is 0 Å². The van der Waals surface area contributed by atoms with E-state index in [1.54, 1.807) is 12.1 Å². The van der Waals surface area contributed by atoms with Crippen molar-refractivity contribution in [3.05, 3.63) is 66.2 Å². The van der Waals surface area contributed by atoms with Crippen molar-refractivity contribution in [2.24, 2.45) is 0 Å². The molecule has 0 atom stereocenters. The number of carbonyl (C=O) groups is 1. The number of esters is 1. The van der Waals surface area contributed by atoms with E-state index in [0.717, 1.165) is 12.8 Å². The molecule has 0 heterocycles. The first-order valence-electron chi connectivity index (χ1n) is 6.76. The van der Waals surface area contributed by atoms with Gasteiger partial charge in [-0.3, -0.25) is 0 Å². The Balaban J connectivity index is 1.57. The SMILES string of the molecule is O=C(OCCCC[Te]c1ccccc1)c1ccccc1. The van der Waals surface area contributed by atoms with Gasteiger partial charge in [-0.15, -0.1) is 0 Å². The molecule has 0 aromatic heterocycles. The Kier molecular flexibility index (Phi) is 6.63. The molecule has 3 heteroatoms. The number of hydrogen-bond acceptors (Lipinski definition) is 2. The Morgan fingerprint density at radius 1 is 0.900 bits per heavy atom. The van der Waals surface area contributed by atoms with Crippen LogP contribution in [-0.2, 0) is 4.74 Å². The van der Waals surface area contributed by atoms with Crippen LogP contribution in [0, 0.1) is 0 Å². The molecule has 2 aromatic rings. The monoisotopic (exact) mass is 384 g/mol. The first-order valence-corrected chi connectivity index (χ1v) is 9.57. The molecule has 0 aliphatic carbocycles. The Bertz CT molecular complexity index is 511. The number of hydrogen-bond donors (Lipinski definition) is 0. The minimum atomic E-state index is -0.217. The van der Waals surface area contributed by atoms with Gasteiger partial charge in [0, 0.05) is 0 Å². The second kappa shape index (κ2) is 8.79. The molecule has 0 saturated heterocycles. The number of ether oxygens (including phenoxy) is 1. The number of benzene rings is 2. The fourth-order valence-corrected chi connectivity index (χ4v) is 4.40. The number of rotatable bonds is 7. The number of unbranched alkanes of at least 4 members (excludes halogenated alkanes) is 1. The van der Waals surface area contributed by atoms with Crippen LogP contribution >= 0.6 is 0 Å². The van der Waals surface area contributed by atoms with Crippen molar-refractivity contribution >= 4 is 30.5 Å². The first-order chi connectivity index (χ1) is 9.86. The predicted molar refractivity (Wildman–Crippen MR) is 82.6 cm³/mol. The molecule has 0 aliphatic rings. The van der Waals surface area contributed by atoms with Crippen molar-refractivity contribution in [1.29, 1.82) is 0 Å². The normalized spacial score (nSPS) is 10.2. The third kappa shape index (κ3) is 5.36.